The molecule has 0 aromatic heterocycles. The predicted molar refractivity (Wildman–Crippen MR) is 122 cm³/mol. The lowest BCUT2D eigenvalue weighted by Gasteiger charge is -2.21. The van der Waals surface area contributed by atoms with E-state index in [-0.39, 0.29) is 24.8 Å². The second-order valence-electron chi connectivity index (χ2n) is 7.45. The molecule has 0 radical (unpaired) electrons. The Balaban J connectivity index is 1.63. The van der Waals surface area contributed by atoms with Gasteiger partial charge < -0.3 is 31.2 Å². The zero-order valence-electron chi connectivity index (χ0n) is 18.2. The number of urea groups is 1. The number of carbonyl (C=O) groups is 3. The molecule has 0 aliphatic carbocycles. The van der Waals surface area contributed by atoms with Gasteiger partial charge in [-0.15, -0.1) is 0 Å². The van der Waals surface area contributed by atoms with Crippen molar-refractivity contribution in [3.63, 3.8) is 0 Å². The lowest BCUT2D eigenvalue weighted by molar-refractivity contribution is -0.143. The third-order valence-corrected chi connectivity index (χ3v) is 5.28. The zero-order chi connectivity index (χ0) is 23.8. The summed E-state index contributed by atoms with van der Waals surface area (Å²) < 4.78 is 5.02. The van der Waals surface area contributed by atoms with Crippen LogP contribution in [-0.2, 0) is 14.3 Å². The lowest BCUT2D eigenvalue weighted by Crippen LogP contribution is -2.47. The molecule has 10 nitrogen and oxygen atoms in total. The molecule has 174 valence electrons. The molecule has 5 N–H and O–H groups in total. The second kappa shape index (κ2) is 11.0. The van der Waals surface area contributed by atoms with Crippen molar-refractivity contribution >= 4 is 29.4 Å². The highest BCUT2D eigenvalue weighted by molar-refractivity contribution is 6.02. The Hall–Kier alpha value is -4.08. The van der Waals surface area contributed by atoms with Gasteiger partial charge in [0.05, 0.1) is 19.1 Å². The van der Waals surface area contributed by atoms with Crippen molar-refractivity contribution < 1.29 is 24.3 Å². The number of hydrogen-bond donors (Lipinski definition) is 4. The van der Waals surface area contributed by atoms with E-state index in [0.717, 1.165) is 5.56 Å². The first-order chi connectivity index (χ1) is 15.9. The predicted octanol–water partition coefficient (Wildman–Crippen LogP) is 1.88. The molecule has 0 unspecified atom stereocenters. The fourth-order valence-corrected chi connectivity index (χ4v) is 3.62. The number of rotatable bonds is 8. The number of amides is 3. The van der Waals surface area contributed by atoms with Crippen LogP contribution in [0.3, 0.4) is 0 Å². The summed E-state index contributed by atoms with van der Waals surface area (Å²) >= 11 is 0. The molecule has 33 heavy (non-hydrogen) atoms. The van der Waals surface area contributed by atoms with E-state index in [1.54, 1.807) is 36.1 Å². The van der Waals surface area contributed by atoms with E-state index in [1.165, 1.54) is 0 Å². The summed E-state index contributed by atoms with van der Waals surface area (Å²) in [6.07, 6.45) is 0.407. The molecule has 0 bridgehead atoms. The molecule has 2 aromatic rings. The quantitative estimate of drug-likeness (QED) is 0.158. The van der Waals surface area contributed by atoms with Crippen molar-refractivity contribution in [3.05, 3.63) is 65.7 Å². The van der Waals surface area contributed by atoms with Gasteiger partial charge >= 0.3 is 12.0 Å². The summed E-state index contributed by atoms with van der Waals surface area (Å²) in [5.74, 6) is -0.699. The summed E-state index contributed by atoms with van der Waals surface area (Å²) in [7, 11) is 0. The molecular weight excluding hydrogens is 426 g/mol. The number of oxime groups is 1. The van der Waals surface area contributed by atoms with Crippen LogP contribution >= 0.6 is 0 Å². The number of carbonyl (C=O) groups excluding carboxylic acids is 3. The lowest BCUT2D eigenvalue weighted by atomic mass is 10.0. The van der Waals surface area contributed by atoms with Crippen LogP contribution in [-0.4, -0.2) is 48.1 Å². The zero-order valence-corrected chi connectivity index (χ0v) is 18.2. The van der Waals surface area contributed by atoms with Crippen LogP contribution in [0.15, 0.2) is 59.8 Å². The number of nitrogens with one attached hydrogen (secondary N) is 2. The fourth-order valence-electron chi connectivity index (χ4n) is 3.62. The molecule has 1 fully saturated rings. The number of nitrogens with two attached hydrogens (primary N) is 1. The highest BCUT2D eigenvalue weighted by atomic mass is 16.5. The highest BCUT2D eigenvalue weighted by Crippen LogP contribution is 2.23. The summed E-state index contributed by atoms with van der Waals surface area (Å²) in [5, 5.41) is 17.2. The molecule has 2 aromatic carbocycles. The first-order valence-electron chi connectivity index (χ1n) is 10.6. The molecule has 1 aliphatic heterocycles. The Labute approximate surface area is 191 Å². The average molecular weight is 453 g/mol. The van der Waals surface area contributed by atoms with Gasteiger partial charge in [-0.05, 0) is 43.2 Å². The fraction of sp³-hybridized carbons (Fsp3) is 0.304. The Morgan fingerprint density at radius 3 is 2.55 bits per heavy atom. The number of ether oxygens (including phenoxy) is 1. The number of anilines is 1. The van der Waals surface area contributed by atoms with E-state index < -0.39 is 24.1 Å². The first-order valence-corrected chi connectivity index (χ1v) is 10.6. The van der Waals surface area contributed by atoms with E-state index >= 15 is 0 Å². The highest BCUT2D eigenvalue weighted by Gasteiger charge is 2.34. The molecule has 3 amide bonds. The van der Waals surface area contributed by atoms with Crippen molar-refractivity contribution in [2.45, 2.75) is 31.8 Å². The smallest absolute Gasteiger partial charge is 0.315 e. The number of esters is 1. The third kappa shape index (κ3) is 6.00. The Morgan fingerprint density at radius 2 is 1.91 bits per heavy atom. The van der Waals surface area contributed by atoms with Gasteiger partial charge in [-0.25, -0.2) is 4.79 Å². The average Bonchev–Trinajstić information content (AvgIpc) is 3.18. The van der Waals surface area contributed by atoms with Crippen LogP contribution in [0.5, 0.6) is 0 Å². The third-order valence-electron chi connectivity index (χ3n) is 5.28. The van der Waals surface area contributed by atoms with Gasteiger partial charge in [0.25, 0.3) is 0 Å². The Morgan fingerprint density at radius 1 is 1.21 bits per heavy atom. The standard InChI is InChI=1S/C23H27N5O5/c1-2-33-20(29)14-19(15-6-4-3-5-7-15)26-23(31)25-18-12-13-28(22(18)30)17-10-8-16(9-11-17)21(24)27-32/h3-11,18-19,32H,2,12-14H2,1H3,(H2,24,27)(H2,25,26,31)/t18-,19-/m0/s1. The summed E-state index contributed by atoms with van der Waals surface area (Å²) in [6.45, 7) is 2.40. The van der Waals surface area contributed by atoms with Crippen molar-refractivity contribution in [1.82, 2.24) is 10.6 Å². The van der Waals surface area contributed by atoms with Crippen LogP contribution in [0.4, 0.5) is 10.5 Å². The van der Waals surface area contributed by atoms with Crippen LogP contribution in [0.2, 0.25) is 0 Å². The van der Waals surface area contributed by atoms with Gasteiger partial charge in [-0.3, -0.25) is 9.59 Å². The Kier molecular flexibility index (Phi) is 7.85. The van der Waals surface area contributed by atoms with E-state index in [1.807, 2.05) is 30.3 Å². The van der Waals surface area contributed by atoms with Crippen molar-refractivity contribution in [2.24, 2.45) is 10.9 Å². The molecule has 10 heteroatoms. The summed E-state index contributed by atoms with van der Waals surface area (Å²) in [4.78, 5) is 39.1. The maximum atomic E-state index is 12.9. The number of hydrogen-bond acceptors (Lipinski definition) is 6. The normalized spacial score (nSPS) is 16.9. The van der Waals surface area contributed by atoms with Crippen LogP contribution in [0, 0.1) is 0 Å². The molecule has 0 saturated carbocycles. The van der Waals surface area contributed by atoms with Gasteiger partial charge in [0, 0.05) is 17.8 Å². The van der Waals surface area contributed by atoms with E-state index in [2.05, 4.69) is 15.8 Å². The summed E-state index contributed by atoms with van der Waals surface area (Å²) in [5.41, 5.74) is 7.49. The molecule has 3 rings (SSSR count). The molecule has 1 aliphatic rings. The van der Waals surface area contributed by atoms with Gasteiger partial charge in [-0.1, -0.05) is 35.5 Å². The van der Waals surface area contributed by atoms with E-state index in [4.69, 9.17) is 15.7 Å². The topological polar surface area (TPSA) is 146 Å². The van der Waals surface area contributed by atoms with Crippen LogP contribution in [0.1, 0.15) is 36.9 Å². The number of amidine groups is 1. The van der Waals surface area contributed by atoms with Crippen molar-refractivity contribution in [1.29, 1.82) is 0 Å². The molecule has 0 spiro atoms. The van der Waals surface area contributed by atoms with Gasteiger partial charge in [0.15, 0.2) is 5.84 Å². The maximum absolute atomic E-state index is 12.9. The summed E-state index contributed by atoms with van der Waals surface area (Å²) in [6, 6.07) is 13.9. The minimum atomic E-state index is -0.701. The maximum Gasteiger partial charge on any atom is 0.315 e. The minimum Gasteiger partial charge on any atom is -0.466 e. The van der Waals surface area contributed by atoms with Gasteiger partial charge in [0.1, 0.15) is 6.04 Å². The van der Waals surface area contributed by atoms with Gasteiger partial charge in [0.2, 0.25) is 5.91 Å². The monoisotopic (exact) mass is 453 g/mol. The molecule has 1 heterocycles. The minimum absolute atomic E-state index is 0.0252. The molecule has 2 atom stereocenters. The second-order valence-corrected chi connectivity index (χ2v) is 7.45. The molecular formula is C23H27N5O5. The first kappa shape index (κ1) is 23.6. The number of nitrogens with zero attached hydrogens (tertiary/aromatic N) is 2. The van der Waals surface area contributed by atoms with E-state index in [0.29, 0.717) is 24.2 Å². The SMILES string of the molecule is CCOC(=O)C[C@H](NC(=O)N[C@H]1CCN(c2ccc(/C(N)=N\O)cc2)C1=O)c1ccccc1. The number of benzene rings is 2. The van der Waals surface area contributed by atoms with Gasteiger partial charge in [-0.2, -0.15) is 0 Å². The van der Waals surface area contributed by atoms with Crippen molar-refractivity contribution in [3.8, 4) is 0 Å². The van der Waals surface area contributed by atoms with Crippen LogP contribution in [0.25, 0.3) is 0 Å². The van der Waals surface area contributed by atoms with Crippen LogP contribution < -0.4 is 21.3 Å². The molecule has 1 saturated heterocycles. The largest absolute Gasteiger partial charge is 0.466 e. The van der Waals surface area contributed by atoms with Crippen molar-refractivity contribution in [2.75, 3.05) is 18.1 Å². The Bertz CT molecular complexity index is 1010. The van der Waals surface area contributed by atoms with E-state index in [9.17, 15) is 14.4 Å².